The number of hydrogen-bond donors (Lipinski definition) is 0. The normalized spacial score (nSPS) is 10.7. The van der Waals surface area contributed by atoms with Crippen LogP contribution in [0.15, 0.2) is 60.9 Å². The molecule has 3 aromatic rings. The third-order valence-electron chi connectivity index (χ3n) is 3.30. The van der Waals surface area contributed by atoms with E-state index < -0.39 is 0 Å². The molecule has 0 aliphatic rings. The Morgan fingerprint density at radius 3 is 2.70 bits per heavy atom. The van der Waals surface area contributed by atoms with Crippen molar-refractivity contribution in [3.05, 3.63) is 77.1 Å². The Kier molecular flexibility index (Phi) is 3.48. The first-order valence-electron chi connectivity index (χ1n) is 6.35. The predicted molar refractivity (Wildman–Crippen MR) is 81.2 cm³/mol. The Hall–Kier alpha value is -2.19. The molecule has 0 aliphatic carbocycles. The van der Waals surface area contributed by atoms with Crippen LogP contribution in [0, 0.1) is 0 Å². The Balaban J connectivity index is 1.99. The molecule has 0 spiro atoms. The number of fused-ring (bicyclic) bond motifs is 1. The minimum atomic E-state index is 0.0647. The molecule has 2 nitrogen and oxygen atoms in total. The number of nitrogens with zero attached hydrogens (tertiary/aromatic N) is 1. The quantitative estimate of drug-likeness (QED) is 0.670. The average molecular weight is 282 g/mol. The molecule has 0 amide bonds. The van der Waals surface area contributed by atoms with E-state index in [0.717, 1.165) is 21.9 Å². The zero-order chi connectivity index (χ0) is 13.9. The van der Waals surface area contributed by atoms with Crippen LogP contribution in [-0.2, 0) is 6.42 Å². The number of pyridine rings is 1. The molecule has 0 aliphatic heterocycles. The van der Waals surface area contributed by atoms with Gasteiger partial charge in [0.2, 0.25) is 0 Å². The first-order chi connectivity index (χ1) is 9.75. The molecule has 20 heavy (non-hydrogen) atoms. The molecule has 0 saturated carbocycles. The van der Waals surface area contributed by atoms with Gasteiger partial charge < -0.3 is 0 Å². The monoisotopic (exact) mass is 281 g/mol. The van der Waals surface area contributed by atoms with Gasteiger partial charge in [-0.25, -0.2) is 0 Å². The van der Waals surface area contributed by atoms with Gasteiger partial charge in [-0.15, -0.1) is 0 Å². The first-order valence-corrected chi connectivity index (χ1v) is 6.73. The highest BCUT2D eigenvalue weighted by molar-refractivity contribution is 6.31. The van der Waals surface area contributed by atoms with E-state index >= 15 is 0 Å². The van der Waals surface area contributed by atoms with Crippen molar-refractivity contribution in [2.75, 3.05) is 0 Å². The number of rotatable bonds is 3. The van der Waals surface area contributed by atoms with Crippen molar-refractivity contribution in [1.29, 1.82) is 0 Å². The summed E-state index contributed by atoms with van der Waals surface area (Å²) in [6, 6.07) is 15.4. The first kappa shape index (κ1) is 12.8. The van der Waals surface area contributed by atoms with Crippen molar-refractivity contribution >= 4 is 28.2 Å². The van der Waals surface area contributed by atoms with E-state index in [1.54, 1.807) is 18.5 Å². The van der Waals surface area contributed by atoms with E-state index in [1.165, 1.54) is 0 Å². The molecule has 2 aromatic carbocycles. The van der Waals surface area contributed by atoms with Crippen LogP contribution in [0.3, 0.4) is 0 Å². The van der Waals surface area contributed by atoms with Crippen LogP contribution >= 0.6 is 11.6 Å². The van der Waals surface area contributed by atoms with Gasteiger partial charge in [-0.3, -0.25) is 9.78 Å². The van der Waals surface area contributed by atoms with Crippen LogP contribution in [0.2, 0.25) is 5.02 Å². The Morgan fingerprint density at radius 2 is 1.85 bits per heavy atom. The molecular formula is C17H12ClNO. The lowest BCUT2D eigenvalue weighted by atomic mass is 9.98. The zero-order valence-corrected chi connectivity index (χ0v) is 11.5. The summed E-state index contributed by atoms with van der Waals surface area (Å²) in [5.74, 6) is 0.0647. The minimum Gasteiger partial charge on any atom is -0.294 e. The largest absolute Gasteiger partial charge is 0.294 e. The fraction of sp³-hybridized carbons (Fsp3) is 0.0588. The third-order valence-corrected chi connectivity index (χ3v) is 3.64. The highest BCUT2D eigenvalue weighted by Crippen LogP contribution is 2.22. The second kappa shape index (κ2) is 5.43. The number of aromatic nitrogens is 1. The fourth-order valence-electron chi connectivity index (χ4n) is 2.28. The molecule has 0 unspecified atom stereocenters. The summed E-state index contributed by atoms with van der Waals surface area (Å²) in [4.78, 5) is 16.4. The van der Waals surface area contributed by atoms with Crippen LogP contribution < -0.4 is 0 Å². The number of benzene rings is 2. The van der Waals surface area contributed by atoms with E-state index in [4.69, 9.17) is 11.6 Å². The lowest BCUT2D eigenvalue weighted by Gasteiger charge is -2.06. The number of carbonyl (C=O) groups excluding carboxylic acids is 1. The number of hydrogen-bond acceptors (Lipinski definition) is 2. The number of ketones is 1. The van der Waals surface area contributed by atoms with Gasteiger partial charge in [0.25, 0.3) is 0 Å². The summed E-state index contributed by atoms with van der Waals surface area (Å²) in [6.07, 6.45) is 3.50. The van der Waals surface area contributed by atoms with Crippen LogP contribution in [0.5, 0.6) is 0 Å². The molecule has 0 atom stereocenters. The van der Waals surface area contributed by atoms with Crippen molar-refractivity contribution in [2.45, 2.75) is 6.42 Å². The van der Waals surface area contributed by atoms with Crippen molar-refractivity contribution in [1.82, 2.24) is 4.98 Å². The van der Waals surface area contributed by atoms with E-state index in [9.17, 15) is 4.79 Å². The van der Waals surface area contributed by atoms with Gasteiger partial charge in [-0.2, -0.15) is 0 Å². The smallest absolute Gasteiger partial charge is 0.167 e. The number of Topliss-reactive ketones (excluding diaryl/α,β-unsaturated/α-hetero) is 1. The summed E-state index contributed by atoms with van der Waals surface area (Å²) in [7, 11) is 0. The maximum atomic E-state index is 12.5. The SMILES string of the molecule is O=C(Cc1ccncc1Cl)c1cccc2ccccc12. The van der Waals surface area contributed by atoms with Gasteiger partial charge in [0.05, 0.1) is 5.02 Å². The standard InChI is InChI=1S/C17H12ClNO/c18-16-11-19-9-8-13(16)10-17(20)15-7-3-5-12-4-1-2-6-14(12)15/h1-9,11H,10H2. The summed E-state index contributed by atoms with van der Waals surface area (Å²) >= 11 is 6.06. The second-order valence-corrected chi connectivity index (χ2v) is 5.00. The summed E-state index contributed by atoms with van der Waals surface area (Å²) in [5, 5.41) is 2.57. The summed E-state index contributed by atoms with van der Waals surface area (Å²) in [6.45, 7) is 0. The number of halogens is 1. The van der Waals surface area contributed by atoms with Gasteiger partial charge in [0, 0.05) is 24.4 Å². The van der Waals surface area contributed by atoms with Gasteiger partial charge in [0.1, 0.15) is 0 Å². The van der Waals surface area contributed by atoms with E-state index in [2.05, 4.69) is 4.98 Å². The molecule has 0 N–H and O–H groups in total. The lowest BCUT2D eigenvalue weighted by molar-refractivity contribution is 0.0994. The third kappa shape index (κ3) is 2.43. The minimum absolute atomic E-state index is 0.0647. The lowest BCUT2D eigenvalue weighted by Crippen LogP contribution is -2.05. The molecule has 0 saturated heterocycles. The van der Waals surface area contributed by atoms with Crippen LogP contribution in [-0.4, -0.2) is 10.8 Å². The van der Waals surface area contributed by atoms with Crippen LogP contribution in [0.25, 0.3) is 10.8 Å². The van der Waals surface area contributed by atoms with Gasteiger partial charge >= 0.3 is 0 Å². The molecule has 3 rings (SSSR count). The molecule has 0 fully saturated rings. The molecule has 98 valence electrons. The maximum absolute atomic E-state index is 12.5. The highest BCUT2D eigenvalue weighted by atomic mass is 35.5. The zero-order valence-electron chi connectivity index (χ0n) is 10.7. The number of carbonyl (C=O) groups is 1. The Morgan fingerprint density at radius 1 is 1.05 bits per heavy atom. The van der Waals surface area contributed by atoms with Crippen LogP contribution in [0.1, 0.15) is 15.9 Å². The Bertz CT molecular complexity index is 777. The van der Waals surface area contributed by atoms with Crippen LogP contribution in [0.4, 0.5) is 0 Å². The van der Waals surface area contributed by atoms with E-state index in [-0.39, 0.29) is 12.2 Å². The molecule has 0 bridgehead atoms. The highest BCUT2D eigenvalue weighted by Gasteiger charge is 2.12. The van der Waals surface area contributed by atoms with Crippen molar-refractivity contribution in [3.8, 4) is 0 Å². The summed E-state index contributed by atoms with van der Waals surface area (Å²) in [5.41, 5.74) is 1.54. The molecule has 1 aromatic heterocycles. The predicted octanol–water partition coefficient (Wildman–Crippen LogP) is 4.31. The molecular weight excluding hydrogens is 270 g/mol. The topological polar surface area (TPSA) is 30.0 Å². The van der Waals surface area contributed by atoms with Crippen molar-refractivity contribution in [2.24, 2.45) is 0 Å². The molecule has 0 radical (unpaired) electrons. The molecule has 1 heterocycles. The van der Waals surface area contributed by atoms with E-state index in [1.807, 2.05) is 42.5 Å². The second-order valence-electron chi connectivity index (χ2n) is 4.59. The van der Waals surface area contributed by atoms with Crippen molar-refractivity contribution < 1.29 is 4.79 Å². The average Bonchev–Trinajstić information content (AvgIpc) is 2.49. The van der Waals surface area contributed by atoms with Gasteiger partial charge in [-0.1, -0.05) is 54.1 Å². The maximum Gasteiger partial charge on any atom is 0.167 e. The molecule has 3 heteroatoms. The van der Waals surface area contributed by atoms with E-state index in [0.29, 0.717) is 5.02 Å². The summed E-state index contributed by atoms with van der Waals surface area (Å²) < 4.78 is 0. The fourth-order valence-corrected chi connectivity index (χ4v) is 2.47. The van der Waals surface area contributed by atoms with Gasteiger partial charge in [-0.05, 0) is 22.4 Å². The van der Waals surface area contributed by atoms with Gasteiger partial charge in [0.15, 0.2) is 5.78 Å². The Labute approximate surface area is 122 Å². The van der Waals surface area contributed by atoms with Crippen molar-refractivity contribution in [3.63, 3.8) is 0 Å².